The quantitative estimate of drug-likeness (QED) is 0.464. The second-order valence-corrected chi connectivity index (χ2v) is 8.35. The van der Waals surface area contributed by atoms with Gasteiger partial charge in [0.15, 0.2) is 0 Å². The largest absolute Gasteiger partial charge is 0.334 e. The van der Waals surface area contributed by atoms with E-state index in [9.17, 15) is 9.59 Å². The second kappa shape index (κ2) is 9.86. The van der Waals surface area contributed by atoms with E-state index < -0.39 is 0 Å². The fourth-order valence-corrected chi connectivity index (χ4v) is 4.44. The van der Waals surface area contributed by atoms with E-state index in [1.54, 1.807) is 17.1 Å². The van der Waals surface area contributed by atoms with Crippen molar-refractivity contribution in [2.75, 3.05) is 24.5 Å². The summed E-state index contributed by atoms with van der Waals surface area (Å²) in [5, 5.41) is 0. The zero-order valence-electron chi connectivity index (χ0n) is 19.1. The van der Waals surface area contributed by atoms with E-state index in [-0.39, 0.29) is 24.3 Å². The predicted octanol–water partition coefficient (Wildman–Crippen LogP) is 4.32. The van der Waals surface area contributed by atoms with Gasteiger partial charge in [0.1, 0.15) is 12.4 Å². The van der Waals surface area contributed by atoms with Gasteiger partial charge in [0.2, 0.25) is 11.8 Å². The lowest BCUT2D eigenvalue weighted by atomic mass is 10.1. The molecule has 1 saturated heterocycles. The van der Waals surface area contributed by atoms with Crippen molar-refractivity contribution in [2.45, 2.75) is 32.2 Å². The molecule has 0 aliphatic carbocycles. The average Bonchev–Trinajstić information content (AvgIpc) is 3.39. The van der Waals surface area contributed by atoms with E-state index in [0.717, 1.165) is 29.0 Å². The van der Waals surface area contributed by atoms with Gasteiger partial charge in [-0.15, -0.1) is 13.2 Å². The molecule has 1 aromatic heterocycles. The molecule has 0 spiro atoms. The number of nitrogens with zero attached hydrogens (tertiary/aromatic N) is 4. The van der Waals surface area contributed by atoms with Gasteiger partial charge in [-0.25, -0.2) is 4.98 Å². The molecule has 1 aliphatic rings. The molecule has 0 N–H and O–H groups in total. The number of aromatic nitrogens is 2. The molecule has 170 valence electrons. The maximum absolute atomic E-state index is 13.1. The van der Waals surface area contributed by atoms with Gasteiger partial charge in [0.05, 0.1) is 11.0 Å². The van der Waals surface area contributed by atoms with Gasteiger partial charge in [-0.05, 0) is 36.2 Å². The van der Waals surface area contributed by atoms with Crippen LogP contribution in [0.3, 0.4) is 0 Å². The van der Waals surface area contributed by atoms with Gasteiger partial charge in [0.25, 0.3) is 0 Å². The van der Waals surface area contributed by atoms with E-state index in [0.29, 0.717) is 26.1 Å². The standard InChI is InChI=1S/C27H30N4O2/c1-4-15-29(16-5-2)26(33)19-31-24-10-8-7-9-23(24)28-27(31)21-17-25(32)30(18-21)22-13-11-20(6-3)12-14-22/h4-5,7-14,21H,1-2,6,15-19H2,3H3/t21-/m0/s1. The van der Waals surface area contributed by atoms with Gasteiger partial charge in [-0.1, -0.05) is 43.3 Å². The molecule has 1 fully saturated rings. The van der Waals surface area contributed by atoms with Gasteiger partial charge < -0.3 is 14.4 Å². The number of carbonyl (C=O) groups is 2. The first kappa shape index (κ1) is 22.5. The molecule has 2 heterocycles. The zero-order chi connectivity index (χ0) is 23.4. The van der Waals surface area contributed by atoms with Crippen molar-refractivity contribution >= 4 is 28.5 Å². The lowest BCUT2D eigenvalue weighted by Gasteiger charge is -2.21. The Morgan fingerprint density at radius 1 is 1.12 bits per heavy atom. The van der Waals surface area contributed by atoms with Crippen LogP contribution >= 0.6 is 0 Å². The fourth-order valence-electron chi connectivity index (χ4n) is 4.44. The number of hydrogen-bond donors (Lipinski definition) is 0. The monoisotopic (exact) mass is 442 g/mol. The zero-order valence-corrected chi connectivity index (χ0v) is 19.1. The Bertz CT molecular complexity index is 1170. The highest BCUT2D eigenvalue weighted by molar-refractivity contribution is 5.96. The number of anilines is 1. The Labute approximate surface area is 194 Å². The van der Waals surface area contributed by atoms with Gasteiger partial charge >= 0.3 is 0 Å². The van der Waals surface area contributed by atoms with Crippen molar-refractivity contribution in [3.05, 3.63) is 85.2 Å². The third-order valence-electron chi connectivity index (χ3n) is 6.18. The molecule has 6 nitrogen and oxygen atoms in total. The maximum atomic E-state index is 13.1. The molecular formula is C27H30N4O2. The number of hydrogen-bond acceptors (Lipinski definition) is 3. The van der Waals surface area contributed by atoms with E-state index in [1.165, 1.54) is 5.56 Å². The molecule has 6 heteroatoms. The summed E-state index contributed by atoms with van der Waals surface area (Å²) in [7, 11) is 0. The van der Waals surface area contributed by atoms with Crippen LogP contribution in [0.2, 0.25) is 0 Å². The number of fused-ring (bicyclic) bond motifs is 1. The summed E-state index contributed by atoms with van der Waals surface area (Å²) in [6, 6.07) is 16.0. The Kier molecular flexibility index (Phi) is 6.73. The van der Waals surface area contributed by atoms with Crippen LogP contribution in [-0.4, -0.2) is 45.9 Å². The summed E-state index contributed by atoms with van der Waals surface area (Å²) in [6.45, 7) is 11.2. The number of amides is 2. The topological polar surface area (TPSA) is 58.4 Å². The van der Waals surface area contributed by atoms with Crippen LogP contribution in [0, 0.1) is 0 Å². The van der Waals surface area contributed by atoms with Crippen LogP contribution in [0.1, 0.15) is 30.7 Å². The molecule has 0 unspecified atom stereocenters. The third kappa shape index (κ3) is 4.60. The van der Waals surface area contributed by atoms with Crippen molar-refractivity contribution in [3.8, 4) is 0 Å². The van der Waals surface area contributed by atoms with E-state index >= 15 is 0 Å². The molecule has 1 atom stereocenters. The van der Waals surface area contributed by atoms with Crippen LogP contribution in [-0.2, 0) is 22.6 Å². The van der Waals surface area contributed by atoms with Gasteiger partial charge in [-0.3, -0.25) is 9.59 Å². The minimum atomic E-state index is -0.0872. The molecule has 2 amide bonds. The van der Waals surface area contributed by atoms with Crippen molar-refractivity contribution in [3.63, 3.8) is 0 Å². The molecule has 3 aromatic rings. The second-order valence-electron chi connectivity index (χ2n) is 8.35. The first-order chi connectivity index (χ1) is 16.0. The number of para-hydroxylation sites is 2. The number of carbonyl (C=O) groups excluding carboxylic acids is 2. The fraction of sp³-hybridized carbons (Fsp3) is 0.296. The Hall–Kier alpha value is -3.67. The SMILES string of the molecule is C=CCN(CC=C)C(=O)Cn1c([C@H]2CC(=O)N(c3ccc(CC)cc3)C2)nc2ccccc21. The van der Waals surface area contributed by atoms with Crippen LogP contribution < -0.4 is 4.90 Å². The number of benzene rings is 2. The van der Waals surface area contributed by atoms with E-state index in [2.05, 4.69) is 32.2 Å². The summed E-state index contributed by atoms with van der Waals surface area (Å²) < 4.78 is 1.97. The Morgan fingerprint density at radius 3 is 2.48 bits per heavy atom. The molecule has 0 radical (unpaired) electrons. The van der Waals surface area contributed by atoms with Crippen molar-refractivity contribution in [2.24, 2.45) is 0 Å². The highest BCUT2D eigenvalue weighted by Crippen LogP contribution is 2.33. The first-order valence-electron chi connectivity index (χ1n) is 11.4. The maximum Gasteiger partial charge on any atom is 0.243 e. The highest BCUT2D eigenvalue weighted by atomic mass is 16.2. The lowest BCUT2D eigenvalue weighted by molar-refractivity contribution is -0.130. The highest BCUT2D eigenvalue weighted by Gasteiger charge is 2.35. The van der Waals surface area contributed by atoms with Crippen molar-refractivity contribution in [1.82, 2.24) is 14.5 Å². The average molecular weight is 443 g/mol. The predicted molar refractivity (Wildman–Crippen MR) is 132 cm³/mol. The third-order valence-corrected chi connectivity index (χ3v) is 6.18. The van der Waals surface area contributed by atoms with Crippen LogP contribution in [0.4, 0.5) is 5.69 Å². The normalized spacial score (nSPS) is 15.7. The van der Waals surface area contributed by atoms with Crippen molar-refractivity contribution in [1.29, 1.82) is 0 Å². The van der Waals surface area contributed by atoms with Crippen LogP contribution in [0.5, 0.6) is 0 Å². The minimum absolute atomic E-state index is 0.0319. The molecule has 4 rings (SSSR count). The number of imidazole rings is 1. The van der Waals surface area contributed by atoms with Gasteiger partial charge in [-0.2, -0.15) is 0 Å². The molecule has 33 heavy (non-hydrogen) atoms. The lowest BCUT2D eigenvalue weighted by Crippen LogP contribution is -2.34. The van der Waals surface area contributed by atoms with Crippen LogP contribution in [0.15, 0.2) is 73.8 Å². The summed E-state index contributed by atoms with van der Waals surface area (Å²) in [5.74, 6) is 0.739. The van der Waals surface area contributed by atoms with E-state index in [4.69, 9.17) is 4.98 Å². The number of aryl methyl sites for hydroxylation is 1. The first-order valence-corrected chi connectivity index (χ1v) is 11.4. The Morgan fingerprint density at radius 2 is 1.82 bits per heavy atom. The molecule has 0 saturated carbocycles. The van der Waals surface area contributed by atoms with Crippen LogP contribution in [0.25, 0.3) is 11.0 Å². The van der Waals surface area contributed by atoms with Gasteiger partial charge in [0, 0.05) is 37.7 Å². The summed E-state index contributed by atoms with van der Waals surface area (Å²) in [6.07, 6.45) is 4.76. The summed E-state index contributed by atoms with van der Waals surface area (Å²) in [4.78, 5) is 34.4. The molecule has 0 bridgehead atoms. The smallest absolute Gasteiger partial charge is 0.243 e. The molecular weight excluding hydrogens is 412 g/mol. The summed E-state index contributed by atoms with van der Waals surface area (Å²) >= 11 is 0. The summed E-state index contributed by atoms with van der Waals surface area (Å²) in [5.41, 5.74) is 3.88. The minimum Gasteiger partial charge on any atom is -0.334 e. The van der Waals surface area contributed by atoms with E-state index in [1.807, 2.05) is 45.9 Å². The molecule has 2 aromatic carbocycles. The molecule has 1 aliphatic heterocycles. The number of rotatable bonds is 9. The Balaban J connectivity index is 1.65. The van der Waals surface area contributed by atoms with Crippen molar-refractivity contribution < 1.29 is 9.59 Å².